The number of hydrogen-bond acceptors (Lipinski definition) is 2. The van der Waals surface area contributed by atoms with Crippen LogP contribution in [0.2, 0.25) is 0 Å². The lowest BCUT2D eigenvalue weighted by Crippen LogP contribution is -2.39. The molecular formula is C23H36N2O. The summed E-state index contributed by atoms with van der Waals surface area (Å²) in [5.74, 6) is 1.00. The van der Waals surface area contributed by atoms with Crippen molar-refractivity contribution in [2.45, 2.75) is 64.7 Å². The lowest BCUT2D eigenvalue weighted by molar-refractivity contribution is 0.0679. The van der Waals surface area contributed by atoms with Gasteiger partial charge >= 0.3 is 0 Å². The van der Waals surface area contributed by atoms with Crippen LogP contribution in [0.5, 0.6) is 0 Å². The van der Waals surface area contributed by atoms with E-state index >= 15 is 0 Å². The lowest BCUT2D eigenvalue weighted by Gasteiger charge is -2.34. The number of hydrogen-bond donors (Lipinski definition) is 0. The third-order valence-corrected chi connectivity index (χ3v) is 6.20. The number of carbonyl (C=O) groups is 1. The predicted molar refractivity (Wildman–Crippen MR) is 109 cm³/mol. The van der Waals surface area contributed by atoms with Crippen molar-refractivity contribution in [1.29, 1.82) is 0 Å². The Bertz CT molecular complexity index is 573. The van der Waals surface area contributed by atoms with E-state index in [4.69, 9.17) is 0 Å². The highest BCUT2D eigenvalue weighted by atomic mass is 16.2. The van der Waals surface area contributed by atoms with Gasteiger partial charge in [-0.3, -0.25) is 4.79 Å². The molecular weight excluding hydrogens is 320 g/mol. The number of rotatable bonds is 4. The van der Waals surface area contributed by atoms with Crippen molar-refractivity contribution in [2.24, 2.45) is 5.92 Å². The molecule has 26 heavy (non-hydrogen) atoms. The average Bonchev–Trinajstić information content (AvgIpc) is 2.66. The molecule has 1 aromatic rings. The van der Waals surface area contributed by atoms with Gasteiger partial charge in [0.25, 0.3) is 5.91 Å². The van der Waals surface area contributed by atoms with Gasteiger partial charge in [-0.15, -0.1) is 0 Å². The molecule has 0 bridgehead atoms. The molecule has 3 heteroatoms. The second-order valence-electron chi connectivity index (χ2n) is 9.25. The first-order valence-electron chi connectivity index (χ1n) is 10.6. The first kappa shape index (κ1) is 19.4. The van der Waals surface area contributed by atoms with E-state index < -0.39 is 0 Å². The molecule has 2 aliphatic rings. The molecule has 2 heterocycles. The van der Waals surface area contributed by atoms with Crippen LogP contribution in [0.25, 0.3) is 0 Å². The van der Waals surface area contributed by atoms with Crippen molar-refractivity contribution in [3.8, 4) is 0 Å². The molecule has 2 aliphatic heterocycles. The second kappa shape index (κ2) is 8.56. The third kappa shape index (κ3) is 5.09. The minimum Gasteiger partial charge on any atom is -0.339 e. The summed E-state index contributed by atoms with van der Waals surface area (Å²) in [5, 5.41) is 0. The van der Waals surface area contributed by atoms with E-state index in [1.807, 2.05) is 12.1 Å². The van der Waals surface area contributed by atoms with E-state index in [0.29, 0.717) is 0 Å². The zero-order chi connectivity index (χ0) is 18.6. The van der Waals surface area contributed by atoms with Gasteiger partial charge in [0.1, 0.15) is 0 Å². The Morgan fingerprint density at radius 1 is 0.962 bits per heavy atom. The van der Waals surface area contributed by atoms with E-state index in [2.05, 4.69) is 42.7 Å². The molecule has 0 spiro atoms. The molecule has 2 saturated heterocycles. The third-order valence-electron chi connectivity index (χ3n) is 6.20. The molecule has 144 valence electrons. The minimum absolute atomic E-state index is 0.133. The highest BCUT2D eigenvalue weighted by Crippen LogP contribution is 2.25. The summed E-state index contributed by atoms with van der Waals surface area (Å²) in [6.07, 6.45) is 7.80. The molecule has 1 amide bonds. The summed E-state index contributed by atoms with van der Waals surface area (Å²) in [6, 6.07) is 8.23. The van der Waals surface area contributed by atoms with E-state index in [1.165, 1.54) is 63.7 Å². The van der Waals surface area contributed by atoms with Crippen LogP contribution in [-0.4, -0.2) is 48.4 Å². The van der Waals surface area contributed by atoms with Crippen LogP contribution < -0.4 is 0 Å². The van der Waals surface area contributed by atoms with Crippen molar-refractivity contribution in [3.05, 3.63) is 35.4 Å². The van der Waals surface area contributed by atoms with Gasteiger partial charge in [0.15, 0.2) is 0 Å². The Morgan fingerprint density at radius 2 is 1.58 bits per heavy atom. The molecule has 0 radical (unpaired) electrons. The smallest absolute Gasteiger partial charge is 0.253 e. The standard InChI is InChI=1S/C23H36N2O/c1-23(2,3)21-9-7-20(8-10-21)22(26)25-17-12-19(13-18-25)11-16-24-14-5-4-6-15-24/h7-10,19H,4-6,11-18H2,1-3H3. The summed E-state index contributed by atoms with van der Waals surface area (Å²) in [5.41, 5.74) is 2.25. The van der Waals surface area contributed by atoms with Crippen molar-refractivity contribution < 1.29 is 4.79 Å². The van der Waals surface area contributed by atoms with Gasteiger partial charge in [0, 0.05) is 18.7 Å². The van der Waals surface area contributed by atoms with Crippen molar-refractivity contribution in [3.63, 3.8) is 0 Å². The molecule has 2 fully saturated rings. The zero-order valence-corrected chi connectivity index (χ0v) is 17.0. The normalized spacial score (nSPS) is 20.3. The molecule has 0 aromatic heterocycles. The largest absolute Gasteiger partial charge is 0.339 e. The quantitative estimate of drug-likeness (QED) is 0.780. The van der Waals surface area contributed by atoms with Crippen LogP contribution >= 0.6 is 0 Å². The summed E-state index contributed by atoms with van der Waals surface area (Å²) in [6.45, 7) is 12.3. The highest BCUT2D eigenvalue weighted by Gasteiger charge is 2.24. The second-order valence-corrected chi connectivity index (χ2v) is 9.25. The first-order chi connectivity index (χ1) is 12.4. The molecule has 3 nitrogen and oxygen atoms in total. The van der Waals surface area contributed by atoms with E-state index in [-0.39, 0.29) is 11.3 Å². The van der Waals surface area contributed by atoms with Crippen LogP contribution in [0.3, 0.4) is 0 Å². The van der Waals surface area contributed by atoms with E-state index in [0.717, 1.165) is 24.6 Å². The van der Waals surface area contributed by atoms with Gasteiger partial charge in [-0.25, -0.2) is 0 Å². The Labute approximate surface area is 159 Å². The van der Waals surface area contributed by atoms with Gasteiger partial charge in [-0.05, 0) is 80.8 Å². The number of carbonyl (C=O) groups excluding carboxylic acids is 1. The predicted octanol–water partition coefficient (Wildman–Crippen LogP) is 4.71. The van der Waals surface area contributed by atoms with E-state index in [9.17, 15) is 4.79 Å². The van der Waals surface area contributed by atoms with Crippen LogP contribution in [0.15, 0.2) is 24.3 Å². The van der Waals surface area contributed by atoms with Gasteiger partial charge < -0.3 is 9.80 Å². The van der Waals surface area contributed by atoms with Crippen LogP contribution in [0.1, 0.15) is 75.2 Å². The number of likely N-dealkylation sites (tertiary alicyclic amines) is 2. The number of amides is 1. The topological polar surface area (TPSA) is 23.6 Å². The first-order valence-corrected chi connectivity index (χ1v) is 10.6. The van der Waals surface area contributed by atoms with Crippen LogP contribution in [0, 0.1) is 5.92 Å². The fourth-order valence-corrected chi connectivity index (χ4v) is 4.27. The summed E-state index contributed by atoms with van der Waals surface area (Å²) < 4.78 is 0. The summed E-state index contributed by atoms with van der Waals surface area (Å²) >= 11 is 0. The Kier molecular flexibility index (Phi) is 6.39. The molecule has 3 rings (SSSR count). The molecule has 1 aromatic carbocycles. The minimum atomic E-state index is 0.133. The van der Waals surface area contributed by atoms with Gasteiger partial charge in [-0.1, -0.05) is 39.3 Å². The molecule has 0 unspecified atom stereocenters. The van der Waals surface area contributed by atoms with Crippen molar-refractivity contribution >= 4 is 5.91 Å². The number of piperidine rings is 2. The molecule has 0 saturated carbocycles. The van der Waals surface area contributed by atoms with Crippen molar-refractivity contribution in [2.75, 3.05) is 32.7 Å². The van der Waals surface area contributed by atoms with Crippen LogP contribution in [0.4, 0.5) is 0 Å². The van der Waals surface area contributed by atoms with Gasteiger partial charge in [0.05, 0.1) is 0 Å². The fraction of sp³-hybridized carbons (Fsp3) is 0.696. The highest BCUT2D eigenvalue weighted by molar-refractivity contribution is 5.94. The molecule has 0 aliphatic carbocycles. The maximum atomic E-state index is 12.8. The molecule has 0 N–H and O–H groups in total. The lowest BCUT2D eigenvalue weighted by atomic mass is 9.86. The van der Waals surface area contributed by atoms with Crippen molar-refractivity contribution in [1.82, 2.24) is 9.80 Å². The fourth-order valence-electron chi connectivity index (χ4n) is 4.27. The van der Waals surface area contributed by atoms with Gasteiger partial charge in [-0.2, -0.15) is 0 Å². The average molecular weight is 357 g/mol. The maximum Gasteiger partial charge on any atom is 0.253 e. The summed E-state index contributed by atoms with van der Waals surface area (Å²) in [4.78, 5) is 17.5. The Morgan fingerprint density at radius 3 is 2.15 bits per heavy atom. The zero-order valence-electron chi connectivity index (χ0n) is 17.0. The van der Waals surface area contributed by atoms with Crippen LogP contribution in [-0.2, 0) is 5.41 Å². The summed E-state index contributed by atoms with van der Waals surface area (Å²) in [7, 11) is 0. The monoisotopic (exact) mass is 356 g/mol. The number of nitrogens with zero attached hydrogens (tertiary/aromatic N) is 2. The Hall–Kier alpha value is -1.35. The SMILES string of the molecule is CC(C)(C)c1ccc(C(=O)N2CCC(CCN3CCCCC3)CC2)cc1. The molecule has 0 atom stereocenters. The number of benzene rings is 1. The maximum absolute atomic E-state index is 12.8. The van der Waals surface area contributed by atoms with Gasteiger partial charge in [0.2, 0.25) is 0 Å². The van der Waals surface area contributed by atoms with E-state index in [1.54, 1.807) is 0 Å². The Balaban J connectivity index is 1.45.